The molecule has 5 heteroatoms. The molecule has 1 N–H and O–H groups in total. The van der Waals surface area contributed by atoms with Crippen molar-refractivity contribution in [2.24, 2.45) is 0 Å². The molecule has 11 heavy (non-hydrogen) atoms. The van der Waals surface area contributed by atoms with Crippen molar-refractivity contribution in [2.75, 3.05) is 6.67 Å². The molecule has 3 nitrogen and oxygen atoms in total. The fraction of sp³-hybridized carbons (Fsp3) is 0.667. The molecule has 0 heterocycles. The number of halogens is 1. The van der Waals surface area contributed by atoms with Crippen LogP contribution >= 0.6 is 0 Å². The maximum Gasteiger partial charge on any atom is 0.268 e. The van der Waals surface area contributed by atoms with Crippen LogP contribution in [0, 0.1) is 12.3 Å². The van der Waals surface area contributed by atoms with Gasteiger partial charge in [-0.25, -0.2) is 0 Å². The largest absolute Gasteiger partial charge is 0.285 e. The van der Waals surface area contributed by atoms with Crippen molar-refractivity contribution in [2.45, 2.75) is 18.1 Å². The molecule has 0 aliphatic rings. The van der Waals surface area contributed by atoms with E-state index in [9.17, 15) is 12.8 Å². The first-order valence-corrected chi connectivity index (χ1v) is 4.48. The molecule has 0 bridgehead atoms. The first-order chi connectivity index (χ1) is 5.02. The number of terminal acetylenes is 1. The van der Waals surface area contributed by atoms with Gasteiger partial charge in [0.1, 0.15) is 0 Å². The Morgan fingerprint density at radius 3 is 2.45 bits per heavy atom. The van der Waals surface area contributed by atoms with Crippen LogP contribution in [0.25, 0.3) is 0 Å². The summed E-state index contributed by atoms with van der Waals surface area (Å²) < 4.78 is 40.9. The summed E-state index contributed by atoms with van der Waals surface area (Å²) in [5.41, 5.74) is 0. The van der Waals surface area contributed by atoms with Crippen molar-refractivity contribution in [1.29, 1.82) is 0 Å². The third-order valence-electron chi connectivity index (χ3n) is 1.20. The minimum Gasteiger partial charge on any atom is -0.285 e. The minimum absolute atomic E-state index is 0.150. The molecule has 0 aromatic heterocycles. The summed E-state index contributed by atoms with van der Waals surface area (Å²) in [7, 11) is -4.17. The minimum atomic E-state index is -4.17. The van der Waals surface area contributed by atoms with Gasteiger partial charge < -0.3 is 0 Å². The van der Waals surface area contributed by atoms with Crippen molar-refractivity contribution in [3.63, 3.8) is 0 Å². The van der Waals surface area contributed by atoms with Gasteiger partial charge >= 0.3 is 0 Å². The molecule has 1 unspecified atom stereocenters. The van der Waals surface area contributed by atoms with E-state index in [1.165, 1.54) is 0 Å². The Bertz CT molecular complexity index is 239. The molecule has 0 spiro atoms. The predicted molar refractivity (Wildman–Crippen MR) is 39.4 cm³/mol. The first-order valence-electron chi connectivity index (χ1n) is 2.98. The van der Waals surface area contributed by atoms with E-state index < -0.39 is 22.0 Å². The maximum atomic E-state index is 11.7. The Morgan fingerprint density at radius 1 is 1.64 bits per heavy atom. The average molecular weight is 180 g/mol. The summed E-state index contributed by atoms with van der Waals surface area (Å²) in [5, 5.41) is -1.16. The zero-order valence-electron chi connectivity index (χ0n) is 5.83. The van der Waals surface area contributed by atoms with E-state index in [0.717, 1.165) is 0 Å². The molecule has 0 saturated heterocycles. The lowest BCUT2D eigenvalue weighted by Gasteiger charge is -2.06. The highest BCUT2D eigenvalue weighted by Gasteiger charge is 2.21. The molecule has 0 fully saturated rings. The molecule has 0 radical (unpaired) electrons. The predicted octanol–water partition coefficient (Wildman–Crippen LogP) is 0.626. The summed E-state index contributed by atoms with van der Waals surface area (Å²) in [6.07, 6.45) is 4.41. The van der Waals surface area contributed by atoms with E-state index >= 15 is 0 Å². The topological polar surface area (TPSA) is 54.4 Å². The van der Waals surface area contributed by atoms with Crippen molar-refractivity contribution in [3.8, 4) is 12.3 Å². The maximum absolute atomic E-state index is 11.7. The summed E-state index contributed by atoms with van der Waals surface area (Å²) in [5.74, 6) is 2.05. The highest BCUT2D eigenvalue weighted by Crippen LogP contribution is 2.08. The van der Waals surface area contributed by atoms with Gasteiger partial charge in [0.15, 0.2) is 0 Å². The van der Waals surface area contributed by atoms with E-state index in [-0.39, 0.29) is 12.8 Å². The van der Waals surface area contributed by atoms with Crippen LogP contribution < -0.4 is 0 Å². The highest BCUT2D eigenvalue weighted by molar-refractivity contribution is 7.86. The van der Waals surface area contributed by atoms with E-state index in [1.54, 1.807) is 0 Å². The van der Waals surface area contributed by atoms with Gasteiger partial charge in [0.2, 0.25) is 0 Å². The Hall–Kier alpha value is -0.600. The van der Waals surface area contributed by atoms with Crippen molar-refractivity contribution < 1.29 is 17.4 Å². The molecular formula is C6H9FO3S. The fourth-order valence-electron chi connectivity index (χ4n) is 0.609. The van der Waals surface area contributed by atoms with Gasteiger partial charge in [-0.15, -0.1) is 12.3 Å². The molecule has 0 aromatic carbocycles. The lowest BCUT2D eigenvalue weighted by atomic mass is 10.2. The van der Waals surface area contributed by atoms with Gasteiger partial charge in [0, 0.05) is 6.42 Å². The molecule has 0 aliphatic heterocycles. The van der Waals surface area contributed by atoms with Crippen molar-refractivity contribution >= 4 is 10.1 Å². The molecule has 0 rings (SSSR count). The zero-order chi connectivity index (χ0) is 8.91. The van der Waals surface area contributed by atoms with Crippen LogP contribution in [0.5, 0.6) is 0 Å². The van der Waals surface area contributed by atoms with Crippen LogP contribution in [0.4, 0.5) is 4.39 Å². The molecule has 0 saturated carbocycles. The lowest BCUT2D eigenvalue weighted by Crippen LogP contribution is -2.20. The molecule has 0 amide bonds. The lowest BCUT2D eigenvalue weighted by molar-refractivity contribution is 0.428. The van der Waals surface area contributed by atoms with Gasteiger partial charge in [0.25, 0.3) is 10.1 Å². The van der Waals surface area contributed by atoms with E-state index in [2.05, 4.69) is 5.92 Å². The molecule has 64 valence electrons. The second-order valence-electron chi connectivity index (χ2n) is 2.02. The molecule has 1 atom stereocenters. The Kier molecular flexibility index (Phi) is 4.08. The second-order valence-corrected chi connectivity index (χ2v) is 3.72. The fourth-order valence-corrected chi connectivity index (χ4v) is 1.30. The summed E-state index contributed by atoms with van der Waals surface area (Å²) in [6.45, 7) is -0.799. The van der Waals surface area contributed by atoms with Gasteiger partial charge in [-0.3, -0.25) is 8.94 Å². The van der Waals surface area contributed by atoms with Crippen LogP contribution in [0.15, 0.2) is 0 Å². The van der Waals surface area contributed by atoms with Crippen molar-refractivity contribution in [1.82, 2.24) is 0 Å². The van der Waals surface area contributed by atoms with Crippen LogP contribution in [0.2, 0.25) is 0 Å². The Balaban J connectivity index is 4.25. The van der Waals surface area contributed by atoms with E-state index in [1.807, 2.05) is 0 Å². The van der Waals surface area contributed by atoms with Gasteiger partial charge in [-0.05, 0) is 6.42 Å². The summed E-state index contributed by atoms with van der Waals surface area (Å²) in [6, 6.07) is 0. The SMILES string of the molecule is C#CCC(CCF)S(=O)(=O)O. The van der Waals surface area contributed by atoms with E-state index in [0.29, 0.717) is 0 Å². The Labute approximate surface area is 65.4 Å². The van der Waals surface area contributed by atoms with Crippen molar-refractivity contribution in [3.05, 3.63) is 0 Å². The molecule has 0 aromatic rings. The normalized spacial score (nSPS) is 13.9. The molecular weight excluding hydrogens is 171 g/mol. The smallest absolute Gasteiger partial charge is 0.268 e. The second kappa shape index (κ2) is 4.31. The van der Waals surface area contributed by atoms with Crippen LogP contribution in [-0.4, -0.2) is 24.9 Å². The zero-order valence-corrected chi connectivity index (χ0v) is 6.64. The molecule has 0 aliphatic carbocycles. The third kappa shape index (κ3) is 3.96. The number of hydrogen-bond acceptors (Lipinski definition) is 2. The van der Waals surface area contributed by atoms with Gasteiger partial charge in [-0.1, -0.05) is 0 Å². The van der Waals surface area contributed by atoms with E-state index in [4.69, 9.17) is 11.0 Å². The van der Waals surface area contributed by atoms with Crippen LogP contribution in [-0.2, 0) is 10.1 Å². The quantitative estimate of drug-likeness (QED) is 0.510. The van der Waals surface area contributed by atoms with Gasteiger partial charge in [-0.2, -0.15) is 8.42 Å². The van der Waals surface area contributed by atoms with Crippen LogP contribution in [0.1, 0.15) is 12.8 Å². The third-order valence-corrected chi connectivity index (χ3v) is 2.44. The highest BCUT2D eigenvalue weighted by atomic mass is 32.2. The monoisotopic (exact) mass is 180 g/mol. The Morgan fingerprint density at radius 2 is 2.18 bits per heavy atom. The summed E-state index contributed by atoms with van der Waals surface area (Å²) in [4.78, 5) is 0. The number of hydrogen-bond donors (Lipinski definition) is 1. The van der Waals surface area contributed by atoms with Gasteiger partial charge in [0.05, 0.1) is 11.9 Å². The average Bonchev–Trinajstić information content (AvgIpc) is 1.85. The standard InChI is InChI=1S/C6H9FO3S/c1-2-3-6(4-5-7)11(8,9)10/h1,6H,3-5H2,(H,8,9,10). The number of rotatable bonds is 4. The first kappa shape index (κ1) is 10.4. The number of alkyl halides is 1. The van der Waals surface area contributed by atoms with Crippen LogP contribution in [0.3, 0.4) is 0 Å². The summed E-state index contributed by atoms with van der Waals surface area (Å²) >= 11 is 0.